The van der Waals surface area contributed by atoms with Gasteiger partial charge in [0.25, 0.3) is 5.69 Å². The van der Waals surface area contributed by atoms with Gasteiger partial charge in [-0.05, 0) is 12.5 Å². The van der Waals surface area contributed by atoms with Crippen LogP contribution in [0, 0.1) is 17.0 Å². The first-order chi connectivity index (χ1) is 16.3. The van der Waals surface area contributed by atoms with Crippen molar-refractivity contribution in [1.29, 1.82) is 0 Å². The van der Waals surface area contributed by atoms with Crippen molar-refractivity contribution in [2.45, 2.75) is 24.7 Å². The molecule has 1 amide bonds. The van der Waals surface area contributed by atoms with Gasteiger partial charge in [0.2, 0.25) is 15.9 Å². The zero-order chi connectivity index (χ0) is 24.3. The predicted octanol–water partition coefficient (Wildman–Crippen LogP) is 3.02. The van der Waals surface area contributed by atoms with Crippen LogP contribution < -0.4 is 0 Å². The number of carbonyl (C=O) groups is 1. The number of nitro groups is 1. The molecule has 0 aliphatic carbocycles. The van der Waals surface area contributed by atoms with E-state index in [1.54, 1.807) is 18.0 Å². The number of non-ortho nitro benzene ring substituents is 1. The summed E-state index contributed by atoms with van der Waals surface area (Å²) in [4.78, 5) is 28.9. The van der Waals surface area contributed by atoms with E-state index in [1.165, 1.54) is 16.4 Å². The van der Waals surface area contributed by atoms with Crippen molar-refractivity contribution < 1.29 is 22.6 Å². The van der Waals surface area contributed by atoms with Crippen molar-refractivity contribution in [3.63, 3.8) is 0 Å². The summed E-state index contributed by atoms with van der Waals surface area (Å²) in [5.41, 5.74) is 1.06. The monoisotopic (exact) mass is 484 g/mol. The average molecular weight is 485 g/mol. The molecule has 0 bridgehead atoms. The Morgan fingerprint density at radius 3 is 2.50 bits per heavy atom. The van der Waals surface area contributed by atoms with Crippen LogP contribution in [-0.2, 0) is 21.2 Å². The molecule has 1 saturated heterocycles. The Morgan fingerprint density at radius 2 is 1.82 bits per heavy atom. The first kappa shape index (κ1) is 23.6. The third-order valence-electron chi connectivity index (χ3n) is 5.76. The lowest BCUT2D eigenvalue weighted by molar-refractivity contribution is -0.385. The fraction of sp³-hybridized carbons (Fsp3) is 0.304. The number of benzene rings is 2. The SMILES string of the molecule is Cc1ccc([N+](=O)[O-])cc1S(=O)(=O)N1CCN(C(=O)CCc2ncc(-c3ccccc3)o2)CC1. The van der Waals surface area contributed by atoms with E-state index < -0.39 is 14.9 Å². The van der Waals surface area contributed by atoms with Crippen LogP contribution >= 0.6 is 0 Å². The van der Waals surface area contributed by atoms with Crippen LogP contribution in [0.15, 0.2) is 64.0 Å². The molecule has 1 aliphatic heterocycles. The zero-order valence-electron chi connectivity index (χ0n) is 18.6. The van der Waals surface area contributed by atoms with E-state index in [-0.39, 0.29) is 49.1 Å². The Hall–Kier alpha value is -3.57. The van der Waals surface area contributed by atoms with Gasteiger partial charge in [-0.15, -0.1) is 0 Å². The van der Waals surface area contributed by atoms with Gasteiger partial charge in [0, 0.05) is 56.7 Å². The lowest BCUT2D eigenvalue weighted by Gasteiger charge is -2.34. The van der Waals surface area contributed by atoms with Crippen LogP contribution in [0.2, 0.25) is 0 Å². The van der Waals surface area contributed by atoms with Crippen molar-refractivity contribution in [2.75, 3.05) is 26.2 Å². The number of rotatable bonds is 7. The molecule has 1 aliphatic rings. The van der Waals surface area contributed by atoms with E-state index in [9.17, 15) is 23.3 Å². The number of sulfonamides is 1. The van der Waals surface area contributed by atoms with Crippen molar-refractivity contribution in [3.05, 3.63) is 76.3 Å². The number of oxazole rings is 1. The fourth-order valence-corrected chi connectivity index (χ4v) is 5.50. The highest BCUT2D eigenvalue weighted by Crippen LogP contribution is 2.26. The van der Waals surface area contributed by atoms with E-state index in [1.807, 2.05) is 30.3 Å². The molecular weight excluding hydrogens is 460 g/mol. The number of nitro benzene ring substituents is 1. The van der Waals surface area contributed by atoms with Gasteiger partial charge < -0.3 is 9.32 Å². The Balaban J connectivity index is 1.34. The minimum Gasteiger partial charge on any atom is -0.441 e. The van der Waals surface area contributed by atoms with Crippen molar-refractivity contribution >= 4 is 21.6 Å². The van der Waals surface area contributed by atoms with E-state index in [4.69, 9.17) is 4.42 Å². The molecular formula is C23H24N4O6S. The van der Waals surface area contributed by atoms with Gasteiger partial charge in [-0.1, -0.05) is 36.4 Å². The summed E-state index contributed by atoms with van der Waals surface area (Å²) < 4.78 is 33.1. The Kier molecular flexibility index (Phi) is 6.75. The van der Waals surface area contributed by atoms with Crippen LogP contribution in [0.5, 0.6) is 0 Å². The largest absolute Gasteiger partial charge is 0.441 e. The van der Waals surface area contributed by atoms with Crippen LogP contribution in [-0.4, -0.2) is 59.6 Å². The highest BCUT2D eigenvalue weighted by Gasteiger charge is 2.32. The third-order valence-corrected chi connectivity index (χ3v) is 7.80. The average Bonchev–Trinajstić information content (AvgIpc) is 3.32. The number of hydrogen-bond donors (Lipinski definition) is 0. The first-order valence-corrected chi connectivity index (χ1v) is 12.2. The van der Waals surface area contributed by atoms with Crippen LogP contribution in [0.4, 0.5) is 5.69 Å². The summed E-state index contributed by atoms with van der Waals surface area (Å²) in [5, 5.41) is 11.1. The van der Waals surface area contributed by atoms with Gasteiger partial charge in [0.1, 0.15) is 0 Å². The number of aryl methyl sites for hydroxylation is 2. The van der Waals surface area contributed by atoms with Gasteiger partial charge >= 0.3 is 0 Å². The molecule has 2 heterocycles. The van der Waals surface area contributed by atoms with E-state index in [2.05, 4.69) is 4.98 Å². The third kappa shape index (κ3) is 5.00. The summed E-state index contributed by atoms with van der Waals surface area (Å²) in [6.45, 7) is 2.32. The highest BCUT2D eigenvalue weighted by molar-refractivity contribution is 7.89. The van der Waals surface area contributed by atoms with Crippen LogP contribution in [0.25, 0.3) is 11.3 Å². The van der Waals surface area contributed by atoms with Crippen LogP contribution in [0.3, 0.4) is 0 Å². The molecule has 178 valence electrons. The van der Waals surface area contributed by atoms with Crippen molar-refractivity contribution in [1.82, 2.24) is 14.2 Å². The van der Waals surface area contributed by atoms with Gasteiger partial charge in [0.05, 0.1) is 16.0 Å². The van der Waals surface area contributed by atoms with Gasteiger partial charge in [0.15, 0.2) is 11.7 Å². The second kappa shape index (κ2) is 9.74. The number of aromatic nitrogens is 1. The zero-order valence-corrected chi connectivity index (χ0v) is 19.4. The van der Waals surface area contributed by atoms with Gasteiger partial charge in [-0.3, -0.25) is 14.9 Å². The lowest BCUT2D eigenvalue weighted by Crippen LogP contribution is -2.50. The molecule has 2 aromatic carbocycles. The molecule has 0 spiro atoms. The number of piperazine rings is 1. The molecule has 4 rings (SSSR count). The minimum absolute atomic E-state index is 0.0837. The molecule has 1 aromatic heterocycles. The number of carbonyl (C=O) groups excluding carboxylic acids is 1. The maximum Gasteiger partial charge on any atom is 0.270 e. The number of hydrogen-bond acceptors (Lipinski definition) is 7. The molecule has 34 heavy (non-hydrogen) atoms. The van der Waals surface area contributed by atoms with E-state index in [0.29, 0.717) is 23.6 Å². The minimum atomic E-state index is -3.91. The molecule has 3 aromatic rings. The lowest BCUT2D eigenvalue weighted by atomic mass is 10.2. The van der Waals surface area contributed by atoms with Crippen LogP contribution in [0.1, 0.15) is 17.9 Å². The van der Waals surface area contributed by atoms with Crippen molar-refractivity contribution in [3.8, 4) is 11.3 Å². The maximum absolute atomic E-state index is 13.1. The molecule has 0 N–H and O–H groups in total. The summed E-state index contributed by atoms with van der Waals surface area (Å²) in [7, 11) is -3.91. The fourth-order valence-electron chi connectivity index (χ4n) is 3.83. The Morgan fingerprint density at radius 1 is 1.12 bits per heavy atom. The molecule has 10 nitrogen and oxygen atoms in total. The molecule has 0 radical (unpaired) electrons. The van der Waals surface area contributed by atoms with Gasteiger partial charge in [-0.25, -0.2) is 13.4 Å². The number of amides is 1. The normalized spacial score (nSPS) is 14.8. The van der Waals surface area contributed by atoms with Crippen molar-refractivity contribution in [2.24, 2.45) is 0 Å². The predicted molar refractivity (Wildman–Crippen MR) is 123 cm³/mol. The molecule has 0 atom stereocenters. The molecule has 0 saturated carbocycles. The summed E-state index contributed by atoms with van der Waals surface area (Å²) in [6.07, 6.45) is 2.18. The maximum atomic E-state index is 13.1. The Labute approximate surface area is 197 Å². The smallest absolute Gasteiger partial charge is 0.270 e. The summed E-state index contributed by atoms with van der Waals surface area (Å²) in [5.74, 6) is 0.996. The van der Waals surface area contributed by atoms with Gasteiger partial charge in [-0.2, -0.15) is 4.31 Å². The summed E-state index contributed by atoms with van der Waals surface area (Å²) in [6, 6.07) is 13.3. The second-order valence-electron chi connectivity index (χ2n) is 7.98. The standard InChI is InChI=1S/C23H24N4O6S/c1-17-7-8-19(27(29)30)15-21(17)34(31,32)26-13-11-25(12-14-26)23(28)10-9-22-24-16-20(33-22)18-5-3-2-4-6-18/h2-8,15-16H,9-14H2,1H3. The molecule has 11 heteroatoms. The highest BCUT2D eigenvalue weighted by atomic mass is 32.2. The molecule has 1 fully saturated rings. The van der Waals surface area contributed by atoms with E-state index >= 15 is 0 Å². The van der Waals surface area contributed by atoms with E-state index in [0.717, 1.165) is 11.6 Å². The topological polar surface area (TPSA) is 127 Å². The quantitative estimate of drug-likeness (QED) is 0.373. The number of nitrogens with zero attached hydrogens (tertiary/aromatic N) is 4. The second-order valence-corrected chi connectivity index (χ2v) is 9.88. The summed E-state index contributed by atoms with van der Waals surface area (Å²) >= 11 is 0. The molecule has 0 unspecified atom stereocenters. The Bertz CT molecular complexity index is 1300. The first-order valence-electron chi connectivity index (χ1n) is 10.8.